The topological polar surface area (TPSA) is 25.8 Å². The van der Waals surface area contributed by atoms with E-state index in [4.69, 9.17) is 9.97 Å². The minimum atomic E-state index is 0.730. The van der Waals surface area contributed by atoms with Gasteiger partial charge in [0.15, 0.2) is 5.82 Å². The van der Waals surface area contributed by atoms with Gasteiger partial charge in [-0.05, 0) is 62.3 Å². The molecular formula is C44H26N2S. The first kappa shape index (κ1) is 26.3. The minimum Gasteiger partial charge on any atom is -0.228 e. The van der Waals surface area contributed by atoms with E-state index in [-0.39, 0.29) is 0 Å². The molecule has 0 radical (unpaired) electrons. The van der Waals surface area contributed by atoms with E-state index >= 15 is 0 Å². The van der Waals surface area contributed by atoms with Crippen LogP contribution in [0.5, 0.6) is 0 Å². The maximum Gasteiger partial charge on any atom is 0.160 e. The summed E-state index contributed by atoms with van der Waals surface area (Å²) in [7, 11) is 0. The number of thiophene rings is 1. The fourth-order valence-corrected chi connectivity index (χ4v) is 8.52. The lowest BCUT2D eigenvalue weighted by Crippen LogP contribution is -1.95. The number of aromatic nitrogens is 2. The van der Waals surface area contributed by atoms with Crippen molar-refractivity contribution >= 4 is 74.7 Å². The molecule has 0 fully saturated rings. The third kappa shape index (κ3) is 4.10. The molecule has 0 amide bonds. The summed E-state index contributed by atoms with van der Waals surface area (Å²) in [5.74, 6) is 0.730. The lowest BCUT2D eigenvalue weighted by molar-refractivity contribution is 1.23. The predicted octanol–water partition coefficient (Wildman–Crippen LogP) is 12.5. The molecule has 2 heterocycles. The molecule has 0 aliphatic rings. The number of nitrogens with zero attached hydrogens (tertiary/aromatic N) is 2. The zero-order valence-corrected chi connectivity index (χ0v) is 26.1. The molecule has 218 valence electrons. The average molecular weight is 615 g/mol. The van der Waals surface area contributed by atoms with Gasteiger partial charge < -0.3 is 0 Å². The van der Waals surface area contributed by atoms with Gasteiger partial charge in [0.2, 0.25) is 0 Å². The third-order valence-corrected chi connectivity index (χ3v) is 10.7. The molecule has 47 heavy (non-hydrogen) atoms. The van der Waals surface area contributed by atoms with E-state index in [1.54, 1.807) is 0 Å². The summed E-state index contributed by atoms with van der Waals surface area (Å²) >= 11 is 1.90. The molecule has 2 nitrogen and oxygen atoms in total. The van der Waals surface area contributed by atoms with Crippen LogP contribution in [0.15, 0.2) is 158 Å². The van der Waals surface area contributed by atoms with Crippen molar-refractivity contribution in [3.63, 3.8) is 0 Å². The molecule has 0 atom stereocenters. The molecule has 0 saturated heterocycles. The van der Waals surface area contributed by atoms with Crippen molar-refractivity contribution in [3.05, 3.63) is 158 Å². The Labute approximate surface area is 275 Å². The van der Waals surface area contributed by atoms with Crippen LogP contribution in [0.3, 0.4) is 0 Å². The molecule has 0 aliphatic carbocycles. The number of hydrogen-bond donors (Lipinski definition) is 0. The first-order chi connectivity index (χ1) is 23.3. The maximum absolute atomic E-state index is 5.14. The number of rotatable bonds is 3. The van der Waals surface area contributed by atoms with Gasteiger partial charge in [-0.2, -0.15) is 0 Å². The van der Waals surface area contributed by atoms with Crippen LogP contribution in [0.2, 0.25) is 0 Å². The Morgan fingerprint density at radius 2 is 0.979 bits per heavy atom. The highest BCUT2D eigenvalue weighted by Crippen LogP contribution is 2.45. The fourth-order valence-electron chi connectivity index (χ4n) is 7.26. The Hall–Kier alpha value is -5.90. The number of hydrogen-bond acceptors (Lipinski definition) is 3. The second-order valence-electron chi connectivity index (χ2n) is 12.1. The fraction of sp³-hybridized carbons (Fsp3) is 0. The maximum atomic E-state index is 5.14. The Morgan fingerprint density at radius 3 is 1.85 bits per heavy atom. The van der Waals surface area contributed by atoms with Gasteiger partial charge in [-0.15, -0.1) is 11.3 Å². The van der Waals surface area contributed by atoms with Crippen LogP contribution in [-0.4, -0.2) is 9.97 Å². The van der Waals surface area contributed by atoms with Crippen molar-refractivity contribution < 1.29 is 0 Å². The molecular weight excluding hydrogens is 589 g/mol. The second-order valence-corrected chi connectivity index (χ2v) is 13.2. The van der Waals surface area contributed by atoms with Crippen molar-refractivity contribution in [3.8, 4) is 33.8 Å². The standard InChI is InChI=1S/C44H26N2S/c1-2-11-27(12-3-1)42-37-18-6-8-19-39(37)45-44(46-42)30-14-10-13-28(25-30)29-21-22-35-38(26-29)32-16-5-4-15-31(32)34-23-24-36-33-17-7-9-20-40(33)47-43(36)41(34)35/h1-26H. The van der Waals surface area contributed by atoms with Crippen molar-refractivity contribution in [1.29, 1.82) is 0 Å². The van der Waals surface area contributed by atoms with Crippen LogP contribution in [0.4, 0.5) is 0 Å². The van der Waals surface area contributed by atoms with E-state index in [9.17, 15) is 0 Å². The number of para-hydroxylation sites is 1. The van der Waals surface area contributed by atoms with Gasteiger partial charge in [0.05, 0.1) is 11.2 Å². The summed E-state index contributed by atoms with van der Waals surface area (Å²) in [4.78, 5) is 10.2. The van der Waals surface area contributed by atoms with E-state index < -0.39 is 0 Å². The lowest BCUT2D eigenvalue weighted by Gasteiger charge is -2.13. The summed E-state index contributed by atoms with van der Waals surface area (Å²) < 4.78 is 2.69. The summed E-state index contributed by atoms with van der Waals surface area (Å²) in [5.41, 5.74) is 6.31. The molecule has 8 aromatic carbocycles. The lowest BCUT2D eigenvalue weighted by atomic mass is 9.91. The summed E-state index contributed by atoms with van der Waals surface area (Å²) in [6.45, 7) is 0. The number of fused-ring (bicyclic) bond motifs is 11. The molecule has 0 saturated carbocycles. The molecule has 10 rings (SSSR count). The van der Waals surface area contributed by atoms with Crippen LogP contribution in [0.1, 0.15) is 0 Å². The number of benzene rings is 8. The second kappa shape index (κ2) is 10.3. The predicted molar refractivity (Wildman–Crippen MR) is 201 cm³/mol. The van der Waals surface area contributed by atoms with Crippen LogP contribution in [0, 0.1) is 0 Å². The molecule has 0 bridgehead atoms. The summed E-state index contributed by atoms with van der Waals surface area (Å²) in [6.07, 6.45) is 0. The zero-order valence-electron chi connectivity index (χ0n) is 25.3. The van der Waals surface area contributed by atoms with E-state index in [1.807, 2.05) is 23.5 Å². The van der Waals surface area contributed by atoms with E-state index in [0.717, 1.165) is 39.1 Å². The quantitative estimate of drug-likeness (QED) is 0.185. The average Bonchev–Trinajstić information content (AvgIpc) is 3.53. The summed E-state index contributed by atoms with van der Waals surface area (Å²) in [6, 6.07) is 56.5. The van der Waals surface area contributed by atoms with Gasteiger partial charge in [-0.25, -0.2) is 9.97 Å². The molecule has 2 aromatic heterocycles. The molecule has 10 aromatic rings. The Morgan fingerprint density at radius 1 is 0.362 bits per heavy atom. The Balaban J connectivity index is 1.19. The third-order valence-electron chi connectivity index (χ3n) is 9.45. The van der Waals surface area contributed by atoms with Gasteiger partial charge >= 0.3 is 0 Å². The van der Waals surface area contributed by atoms with E-state index in [1.165, 1.54) is 58.1 Å². The first-order valence-corrected chi connectivity index (χ1v) is 16.7. The van der Waals surface area contributed by atoms with Crippen molar-refractivity contribution in [1.82, 2.24) is 9.97 Å². The monoisotopic (exact) mass is 614 g/mol. The Bertz CT molecular complexity index is 2850. The zero-order chi connectivity index (χ0) is 30.9. The summed E-state index contributed by atoms with van der Waals surface area (Å²) in [5, 5.41) is 11.5. The van der Waals surface area contributed by atoms with Crippen LogP contribution < -0.4 is 0 Å². The van der Waals surface area contributed by atoms with Crippen molar-refractivity contribution in [2.45, 2.75) is 0 Å². The molecule has 0 spiro atoms. The molecule has 0 N–H and O–H groups in total. The van der Waals surface area contributed by atoms with E-state index in [2.05, 4.69) is 146 Å². The molecule has 0 aliphatic heterocycles. The smallest absolute Gasteiger partial charge is 0.160 e. The highest BCUT2D eigenvalue weighted by Gasteiger charge is 2.16. The van der Waals surface area contributed by atoms with Gasteiger partial charge in [0, 0.05) is 42.1 Å². The largest absolute Gasteiger partial charge is 0.228 e. The molecule has 0 unspecified atom stereocenters. The highest BCUT2D eigenvalue weighted by molar-refractivity contribution is 7.26. The molecule has 3 heteroatoms. The normalized spacial score (nSPS) is 11.8. The SMILES string of the molecule is c1ccc(-c2nc(-c3cccc(-c4ccc5c(c4)c4ccccc4c4ccc6c7ccccc7sc6c45)c3)nc3ccccc23)cc1. The van der Waals surface area contributed by atoms with Crippen LogP contribution >= 0.6 is 11.3 Å². The highest BCUT2D eigenvalue weighted by atomic mass is 32.1. The van der Waals surface area contributed by atoms with Crippen LogP contribution in [0.25, 0.3) is 97.2 Å². The minimum absolute atomic E-state index is 0.730. The van der Waals surface area contributed by atoms with E-state index in [0.29, 0.717) is 0 Å². The van der Waals surface area contributed by atoms with Gasteiger partial charge in [-0.3, -0.25) is 0 Å². The first-order valence-electron chi connectivity index (χ1n) is 15.9. The van der Waals surface area contributed by atoms with Gasteiger partial charge in [0.1, 0.15) is 0 Å². The van der Waals surface area contributed by atoms with Crippen LogP contribution in [-0.2, 0) is 0 Å². The van der Waals surface area contributed by atoms with Crippen molar-refractivity contribution in [2.75, 3.05) is 0 Å². The Kier molecular flexibility index (Phi) is 5.78. The van der Waals surface area contributed by atoms with Gasteiger partial charge in [0.25, 0.3) is 0 Å². The van der Waals surface area contributed by atoms with Gasteiger partial charge in [-0.1, -0.05) is 133 Å². The van der Waals surface area contributed by atoms with Crippen molar-refractivity contribution in [2.24, 2.45) is 0 Å².